The summed E-state index contributed by atoms with van der Waals surface area (Å²) in [4.78, 5) is 19.9. The van der Waals surface area contributed by atoms with Gasteiger partial charge in [-0.2, -0.15) is 5.10 Å². The Morgan fingerprint density at radius 2 is 1.92 bits per heavy atom. The molecule has 130 valence electrons. The number of benzene rings is 2. The largest absolute Gasteiger partial charge is 0.337 e. The number of hydrogen-bond donors (Lipinski definition) is 2. The van der Waals surface area contributed by atoms with E-state index in [1.54, 1.807) is 18.2 Å². The van der Waals surface area contributed by atoms with Gasteiger partial charge < -0.3 is 4.98 Å². The van der Waals surface area contributed by atoms with E-state index in [2.05, 4.69) is 20.2 Å². The minimum atomic E-state index is -0.890. The van der Waals surface area contributed by atoms with Gasteiger partial charge in [0.1, 0.15) is 17.3 Å². The predicted molar refractivity (Wildman–Crippen MR) is 93.1 cm³/mol. The number of carbonyl (C=O) groups is 1. The van der Waals surface area contributed by atoms with Gasteiger partial charge in [-0.25, -0.2) is 13.8 Å². The first-order chi connectivity index (χ1) is 12.5. The first-order valence-electron chi connectivity index (χ1n) is 7.68. The first kappa shape index (κ1) is 16.4. The summed E-state index contributed by atoms with van der Waals surface area (Å²) in [5, 5.41) is 7.25. The summed E-state index contributed by atoms with van der Waals surface area (Å²) in [7, 11) is 0. The molecule has 2 N–H and O–H groups in total. The molecule has 4 rings (SSSR count). The third-order valence-corrected chi connectivity index (χ3v) is 4.23. The molecular weight excluding hydrogens is 362 g/mol. The molecule has 4 aromatic rings. The van der Waals surface area contributed by atoms with Gasteiger partial charge in [0.2, 0.25) is 0 Å². The highest BCUT2D eigenvalue weighted by Crippen LogP contribution is 2.25. The molecule has 0 aliphatic rings. The van der Waals surface area contributed by atoms with Crippen LogP contribution in [0.5, 0.6) is 0 Å². The van der Waals surface area contributed by atoms with E-state index in [4.69, 9.17) is 11.6 Å². The molecule has 0 saturated carbocycles. The standard InChI is InChI=1S/C18H11ClF2N4O/c19-10-4-5-13-14(7-10)24-18(23-13)17-9(8-22-25-17)6-15(26)16-11(20)2-1-3-12(16)21/h1-5,7-8H,6H2,(H,22,25)(H,23,24). The van der Waals surface area contributed by atoms with Crippen molar-refractivity contribution in [3.05, 3.63) is 70.4 Å². The minimum absolute atomic E-state index is 0.221. The lowest BCUT2D eigenvalue weighted by molar-refractivity contribution is 0.0985. The second-order valence-corrected chi connectivity index (χ2v) is 6.15. The van der Waals surface area contributed by atoms with Gasteiger partial charge in [0.25, 0.3) is 0 Å². The Balaban J connectivity index is 1.69. The van der Waals surface area contributed by atoms with Crippen molar-refractivity contribution in [1.29, 1.82) is 0 Å². The van der Waals surface area contributed by atoms with Crippen LogP contribution >= 0.6 is 11.6 Å². The van der Waals surface area contributed by atoms with Gasteiger partial charge in [-0.15, -0.1) is 0 Å². The van der Waals surface area contributed by atoms with Gasteiger partial charge in [-0.05, 0) is 30.3 Å². The highest BCUT2D eigenvalue weighted by molar-refractivity contribution is 6.31. The lowest BCUT2D eigenvalue weighted by Crippen LogP contribution is -2.09. The molecule has 0 atom stereocenters. The van der Waals surface area contributed by atoms with Crippen LogP contribution in [0.2, 0.25) is 5.02 Å². The number of halogens is 3. The Hall–Kier alpha value is -3.06. The van der Waals surface area contributed by atoms with E-state index in [9.17, 15) is 13.6 Å². The van der Waals surface area contributed by atoms with Crippen LogP contribution in [-0.4, -0.2) is 25.9 Å². The Morgan fingerprint density at radius 3 is 2.69 bits per heavy atom. The number of carbonyl (C=O) groups excluding carboxylic acids is 1. The molecule has 2 aromatic carbocycles. The van der Waals surface area contributed by atoms with E-state index in [1.807, 2.05) is 0 Å². The zero-order chi connectivity index (χ0) is 18.3. The molecule has 5 nitrogen and oxygen atoms in total. The van der Waals surface area contributed by atoms with E-state index in [0.29, 0.717) is 27.6 Å². The molecule has 2 heterocycles. The molecule has 0 spiro atoms. The smallest absolute Gasteiger partial charge is 0.173 e. The molecule has 0 fully saturated rings. The van der Waals surface area contributed by atoms with E-state index < -0.39 is 23.0 Å². The van der Waals surface area contributed by atoms with E-state index in [-0.39, 0.29) is 6.42 Å². The highest BCUT2D eigenvalue weighted by Gasteiger charge is 2.21. The number of fused-ring (bicyclic) bond motifs is 1. The zero-order valence-corrected chi connectivity index (χ0v) is 13.9. The normalized spacial score (nSPS) is 11.2. The maximum atomic E-state index is 13.8. The fourth-order valence-corrected chi connectivity index (χ4v) is 2.95. The molecule has 0 aliphatic carbocycles. The molecule has 0 bridgehead atoms. The van der Waals surface area contributed by atoms with Crippen molar-refractivity contribution in [2.75, 3.05) is 0 Å². The Bertz CT molecular complexity index is 1120. The zero-order valence-electron chi connectivity index (χ0n) is 13.2. The van der Waals surface area contributed by atoms with Gasteiger partial charge in [0, 0.05) is 17.0 Å². The fourth-order valence-electron chi connectivity index (χ4n) is 2.78. The summed E-state index contributed by atoms with van der Waals surface area (Å²) in [5.74, 6) is -2.00. The summed E-state index contributed by atoms with van der Waals surface area (Å²) >= 11 is 5.97. The number of aromatic nitrogens is 4. The summed E-state index contributed by atoms with van der Waals surface area (Å²) in [6, 6.07) is 8.51. The monoisotopic (exact) mass is 372 g/mol. The number of nitrogens with zero attached hydrogens (tertiary/aromatic N) is 2. The lowest BCUT2D eigenvalue weighted by Gasteiger charge is -2.04. The van der Waals surface area contributed by atoms with Crippen LogP contribution in [0.1, 0.15) is 15.9 Å². The van der Waals surface area contributed by atoms with Crippen molar-refractivity contribution in [1.82, 2.24) is 20.2 Å². The van der Waals surface area contributed by atoms with Crippen LogP contribution in [0.3, 0.4) is 0 Å². The summed E-state index contributed by atoms with van der Waals surface area (Å²) < 4.78 is 27.6. The molecule has 0 unspecified atom stereocenters. The van der Waals surface area contributed by atoms with Gasteiger partial charge in [0.05, 0.1) is 22.8 Å². The number of nitrogens with one attached hydrogen (secondary N) is 2. The third-order valence-electron chi connectivity index (χ3n) is 3.99. The van der Waals surface area contributed by atoms with Gasteiger partial charge in [0.15, 0.2) is 11.6 Å². The lowest BCUT2D eigenvalue weighted by atomic mass is 10.0. The maximum absolute atomic E-state index is 13.8. The second kappa shape index (κ2) is 6.34. The maximum Gasteiger partial charge on any atom is 0.173 e. The molecule has 0 aliphatic heterocycles. The highest BCUT2D eigenvalue weighted by atomic mass is 35.5. The van der Waals surface area contributed by atoms with Crippen molar-refractivity contribution in [2.45, 2.75) is 6.42 Å². The molecule has 0 amide bonds. The van der Waals surface area contributed by atoms with Crippen molar-refractivity contribution in [3.63, 3.8) is 0 Å². The molecular formula is C18H11ClF2N4O. The van der Waals surface area contributed by atoms with Crippen LogP contribution in [0.25, 0.3) is 22.6 Å². The third kappa shape index (κ3) is 2.86. The number of rotatable bonds is 4. The van der Waals surface area contributed by atoms with Gasteiger partial charge >= 0.3 is 0 Å². The average molecular weight is 373 g/mol. The number of ketones is 1. The quantitative estimate of drug-likeness (QED) is 0.524. The van der Waals surface area contributed by atoms with Crippen LogP contribution in [0.4, 0.5) is 8.78 Å². The van der Waals surface area contributed by atoms with E-state index in [0.717, 1.165) is 17.6 Å². The molecule has 0 radical (unpaired) electrons. The number of aromatic amines is 2. The Labute approximate surface area is 151 Å². The van der Waals surface area contributed by atoms with Crippen LogP contribution in [-0.2, 0) is 6.42 Å². The molecule has 8 heteroatoms. The van der Waals surface area contributed by atoms with E-state index in [1.165, 1.54) is 12.3 Å². The molecule has 2 aromatic heterocycles. The predicted octanol–water partition coefficient (Wildman–Crippen LogP) is 4.31. The summed E-state index contributed by atoms with van der Waals surface area (Å²) in [6.07, 6.45) is 1.22. The number of imidazole rings is 1. The molecule has 0 saturated heterocycles. The fraction of sp³-hybridized carbons (Fsp3) is 0.0556. The first-order valence-corrected chi connectivity index (χ1v) is 8.06. The van der Waals surface area contributed by atoms with Crippen molar-refractivity contribution >= 4 is 28.4 Å². The molecule has 26 heavy (non-hydrogen) atoms. The number of H-pyrrole nitrogens is 2. The van der Waals surface area contributed by atoms with Crippen molar-refractivity contribution in [3.8, 4) is 11.5 Å². The minimum Gasteiger partial charge on any atom is -0.337 e. The van der Waals surface area contributed by atoms with E-state index >= 15 is 0 Å². The Kier molecular flexibility index (Phi) is 4.00. The van der Waals surface area contributed by atoms with Crippen LogP contribution in [0.15, 0.2) is 42.6 Å². The summed E-state index contributed by atoms with van der Waals surface area (Å²) in [5.41, 5.74) is 1.80. The van der Waals surface area contributed by atoms with Crippen molar-refractivity contribution < 1.29 is 13.6 Å². The number of hydrogen-bond acceptors (Lipinski definition) is 3. The van der Waals surface area contributed by atoms with Crippen molar-refractivity contribution in [2.24, 2.45) is 0 Å². The number of Topliss-reactive ketones (excluding diaryl/α,β-unsaturated/α-hetero) is 1. The Morgan fingerprint density at radius 1 is 1.15 bits per heavy atom. The van der Waals surface area contributed by atoms with Gasteiger partial charge in [-0.3, -0.25) is 9.89 Å². The van der Waals surface area contributed by atoms with Gasteiger partial charge in [-0.1, -0.05) is 17.7 Å². The average Bonchev–Trinajstić information content (AvgIpc) is 3.20. The summed E-state index contributed by atoms with van der Waals surface area (Å²) in [6.45, 7) is 0. The SMILES string of the molecule is O=C(Cc1cn[nH]c1-c1nc2ccc(Cl)cc2[nH]1)c1c(F)cccc1F. The van der Waals surface area contributed by atoms with Crippen LogP contribution < -0.4 is 0 Å². The second-order valence-electron chi connectivity index (χ2n) is 5.71. The topological polar surface area (TPSA) is 74.4 Å². The van der Waals surface area contributed by atoms with Crippen LogP contribution in [0, 0.1) is 11.6 Å².